The van der Waals surface area contributed by atoms with E-state index in [9.17, 15) is 14.3 Å². The normalized spacial score (nSPS) is 11.0. The Hall–Kier alpha value is -2.21. The second-order valence-corrected chi connectivity index (χ2v) is 5.10. The van der Waals surface area contributed by atoms with Gasteiger partial charge in [-0.05, 0) is 45.3 Å². The van der Waals surface area contributed by atoms with Crippen molar-refractivity contribution in [3.05, 3.63) is 35.8 Å². The van der Waals surface area contributed by atoms with E-state index in [4.69, 9.17) is 0 Å². The monoisotopic (exact) mass is 291 g/mol. The maximum atomic E-state index is 13.4. The molecule has 112 valence electrons. The summed E-state index contributed by atoms with van der Waals surface area (Å²) in [6, 6.07) is 4.16. The summed E-state index contributed by atoms with van der Waals surface area (Å²) in [6.45, 7) is 1.49. The number of fused-ring (bicyclic) bond motifs is 1. The first kappa shape index (κ1) is 15.2. The second kappa shape index (κ2) is 6.49. The van der Waals surface area contributed by atoms with Crippen molar-refractivity contribution in [2.24, 2.45) is 0 Å². The first-order valence-electron chi connectivity index (χ1n) is 6.69. The summed E-state index contributed by atoms with van der Waals surface area (Å²) in [4.78, 5) is 17.4. The van der Waals surface area contributed by atoms with Gasteiger partial charge in [-0.15, -0.1) is 0 Å². The Kier molecular flexibility index (Phi) is 4.70. The molecule has 0 bridgehead atoms. The minimum Gasteiger partial charge on any atom is -0.478 e. The summed E-state index contributed by atoms with van der Waals surface area (Å²) in [5.74, 6) is -1.49. The summed E-state index contributed by atoms with van der Waals surface area (Å²) in [7, 11) is 3.94. The number of carbonyl (C=O) groups is 1. The number of aromatic carboxylic acids is 1. The van der Waals surface area contributed by atoms with Crippen LogP contribution in [0.2, 0.25) is 0 Å². The smallest absolute Gasteiger partial charge is 0.339 e. The third kappa shape index (κ3) is 3.66. The number of halogens is 1. The predicted octanol–water partition coefficient (Wildman–Crippen LogP) is 2.44. The summed E-state index contributed by atoms with van der Waals surface area (Å²) in [5.41, 5.74) is 1.04. The average Bonchev–Trinajstić information content (AvgIpc) is 2.42. The van der Waals surface area contributed by atoms with Crippen molar-refractivity contribution in [3.63, 3.8) is 0 Å². The van der Waals surface area contributed by atoms with Gasteiger partial charge in [-0.2, -0.15) is 0 Å². The zero-order chi connectivity index (χ0) is 15.4. The summed E-state index contributed by atoms with van der Waals surface area (Å²) in [6.07, 6.45) is 2.15. The van der Waals surface area contributed by atoms with Crippen LogP contribution in [0.4, 0.5) is 10.1 Å². The lowest BCUT2D eigenvalue weighted by atomic mass is 10.1. The van der Waals surface area contributed by atoms with Gasteiger partial charge in [-0.25, -0.2) is 9.18 Å². The van der Waals surface area contributed by atoms with E-state index in [-0.39, 0.29) is 5.56 Å². The topological polar surface area (TPSA) is 65.5 Å². The SMILES string of the molecule is CN(C)CCCNc1c(C(=O)O)cnc2ccc(F)cc12. The summed E-state index contributed by atoms with van der Waals surface area (Å²) < 4.78 is 13.4. The fourth-order valence-corrected chi connectivity index (χ4v) is 2.13. The van der Waals surface area contributed by atoms with Gasteiger partial charge in [0.25, 0.3) is 0 Å². The molecule has 0 aliphatic carbocycles. The Morgan fingerprint density at radius 2 is 2.19 bits per heavy atom. The van der Waals surface area contributed by atoms with Crippen LogP contribution in [0.5, 0.6) is 0 Å². The Morgan fingerprint density at radius 1 is 1.43 bits per heavy atom. The molecule has 2 rings (SSSR count). The molecule has 0 atom stereocenters. The van der Waals surface area contributed by atoms with Crippen LogP contribution in [0.25, 0.3) is 10.9 Å². The molecule has 0 saturated heterocycles. The van der Waals surface area contributed by atoms with E-state index in [0.29, 0.717) is 23.1 Å². The Labute approximate surface area is 122 Å². The number of benzene rings is 1. The number of carboxylic acid groups (broad SMARTS) is 1. The summed E-state index contributed by atoms with van der Waals surface area (Å²) in [5, 5.41) is 12.8. The highest BCUT2D eigenvalue weighted by molar-refractivity contribution is 6.04. The highest BCUT2D eigenvalue weighted by atomic mass is 19.1. The molecule has 0 unspecified atom stereocenters. The van der Waals surface area contributed by atoms with Gasteiger partial charge in [-0.1, -0.05) is 0 Å². The van der Waals surface area contributed by atoms with Crippen molar-refractivity contribution in [1.29, 1.82) is 0 Å². The number of aromatic nitrogens is 1. The molecule has 0 aliphatic rings. The van der Waals surface area contributed by atoms with Crippen molar-refractivity contribution < 1.29 is 14.3 Å². The molecule has 2 aromatic rings. The predicted molar refractivity (Wildman–Crippen MR) is 80.3 cm³/mol. The Balaban J connectivity index is 2.34. The van der Waals surface area contributed by atoms with Crippen LogP contribution in [0.15, 0.2) is 24.4 Å². The molecule has 0 fully saturated rings. The number of hydrogen-bond donors (Lipinski definition) is 2. The molecule has 2 N–H and O–H groups in total. The van der Waals surface area contributed by atoms with E-state index in [1.807, 2.05) is 19.0 Å². The largest absolute Gasteiger partial charge is 0.478 e. The van der Waals surface area contributed by atoms with Gasteiger partial charge < -0.3 is 15.3 Å². The van der Waals surface area contributed by atoms with E-state index in [1.165, 1.54) is 18.3 Å². The van der Waals surface area contributed by atoms with Crippen LogP contribution in [-0.2, 0) is 0 Å². The number of hydrogen-bond acceptors (Lipinski definition) is 4. The molecule has 21 heavy (non-hydrogen) atoms. The van der Waals surface area contributed by atoms with Crippen molar-refractivity contribution in [2.75, 3.05) is 32.5 Å². The fraction of sp³-hybridized carbons (Fsp3) is 0.333. The van der Waals surface area contributed by atoms with Crippen LogP contribution >= 0.6 is 0 Å². The maximum Gasteiger partial charge on any atom is 0.339 e. The van der Waals surface area contributed by atoms with Crippen LogP contribution in [0, 0.1) is 5.82 Å². The van der Waals surface area contributed by atoms with Gasteiger partial charge in [0.05, 0.1) is 11.2 Å². The van der Waals surface area contributed by atoms with E-state index >= 15 is 0 Å². The molecule has 0 aliphatic heterocycles. The molecular formula is C15H18FN3O2. The van der Waals surface area contributed by atoms with Gasteiger partial charge in [-0.3, -0.25) is 4.98 Å². The van der Waals surface area contributed by atoms with Crippen molar-refractivity contribution >= 4 is 22.6 Å². The van der Waals surface area contributed by atoms with Crippen LogP contribution < -0.4 is 5.32 Å². The Morgan fingerprint density at radius 3 is 2.86 bits per heavy atom. The first-order valence-corrected chi connectivity index (χ1v) is 6.69. The number of anilines is 1. The van der Waals surface area contributed by atoms with Gasteiger partial charge in [0.1, 0.15) is 11.4 Å². The molecule has 0 amide bonds. The molecule has 5 nitrogen and oxygen atoms in total. The van der Waals surface area contributed by atoms with E-state index in [1.54, 1.807) is 6.07 Å². The lowest BCUT2D eigenvalue weighted by Crippen LogP contribution is -2.17. The highest BCUT2D eigenvalue weighted by Crippen LogP contribution is 2.26. The van der Waals surface area contributed by atoms with E-state index < -0.39 is 11.8 Å². The van der Waals surface area contributed by atoms with Crippen molar-refractivity contribution in [3.8, 4) is 0 Å². The molecule has 1 aromatic heterocycles. The molecule has 0 spiro atoms. The van der Waals surface area contributed by atoms with Crippen molar-refractivity contribution in [1.82, 2.24) is 9.88 Å². The number of nitrogens with one attached hydrogen (secondary N) is 1. The quantitative estimate of drug-likeness (QED) is 0.800. The minimum atomic E-state index is -1.08. The molecular weight excluding hydrogens is 273 g/mol. The van der Waals surface area contributed by atoms with Gasteiger partial charge in [0.15, 0.2) is 0 Å². The van der Waals surface area contributed by atoms with Crippen LogP contribution in [0.1, 0.15) is 16.8 Å². The molecule has 6 heteroatoms. The van der Waals surface area contributed by atoms with Gasteiger partial charge in [0.2, 0.25) is 0 Å². The third-order valence-electron chi connectivity index (χ3n) is 3.14. The van der Waals surface area contributed by atoms with Gasteiger partial charge in [0, 0.05) is 18.1 Å². The number of nitrogens with zero attached hydrogens (tertiary/aromatic N) is 2. The van der Waals surface area contributed by atoms with Crippen LogP contribution in [0.3, 0.4) is 0 Å². The summed E-state index contributed by atoms with van der Waals surface area (Å²) >= 11 is 0. The van der Waals surface area contributed by atoms with Crippen LogP contribution in [-0.4, -0.2) is 48.1 Å². The number of pyridine rings is 1. The average molecular weight is 291 g/mol. The maximum absolute atomic E-state index is 13.4. The molecule has 0 radical (unpaired) electrons. The molecule has 0 saturated carbocycles. The van der Waals surface area contributed by atoms with E-state index in [0.717, 1.165) is 13.0 Å². The zero-order valence-electron chi connectivity index (χ0n) is 12.1. The standard InChI is InChI=1S/C15H18FN3O2/c1-19(2)7-3-6-17-14-11-8-10(16)4-5-13(11)18-9-12(14)15(20)21/h4-5,8-9H,3,6-7H2,1-2H3,(H,17,18)(H,20,21). The van der Waals surface area contributed by atoms with E-state index in [2.05, 4.69) is 10.3 Å². The molecule has 1 aromatic carbocycles. The number of carboxylic acids is 1. The fourth-order valence-electron chi connectivity index (χ4n) is 2.13. The first-order chi connectivity index (χ1) is 9.99. The van der Waals surface area contributed by atoms with Gasteiger partial charge >= 0.3 is 5.97 Å². The molecule has 1 heterocycles. The second-order valence-electron chi connectivity index (χ2n) is 5.10. The minimum absolute atomic E-state index is 0.0537. The van der Waals surface area contributed by atoms with Crippen molar-refractivity contribution in [2.45, 2.75) is 6.42 Å². The zero-order valence-corrected chi connectivity index (χ0v) is 12.1. The lowest BCUT2D eigenvalue weighted by molar-refractivity contribution is 0.0697. The Bertz CT molecular complexity index is 659. The highest BCUT2D eigenvalue weighted by Gasteiger charge is 2.14. The number of rotatable bonds is 6. The lowest BCUT2D eigenvalue weighted by Gasteiger charge is -2.14. The third-order valence-corrected chi connectivity index (χ3v) is 3.14.